The maximum absolute atomic E-state index is 12.9. The number of carbonyl (C=O) groups is 4. The third-order valence-corrected chi connectivity index (χ3v) is 6.01. The highest BCUT2D eigenvalue weighted by atomic mass is 32.2. The molecule has 29 heavy (non-hydrogen) atoms. The van der Waals surface area contributed by atoms with Gasteiger partial charge in [-0.3, -0.25) is 29.0 Å². The number of para-hydroxylation sites is 1. The Hall–Kier alpha value is -2.72. The number of carbonyl (C=O) groups excluding carboxylic acids is 2. The van der Waals surface area contributed by atoms with Gasteiger partial charge in [0.1, 0.15) is 10.9 Å². The van der Waals surface area contributed by atoms with Crippen LogP contribution in [0.5, 0.6) is 0 Å². The Bertz CT molecular complexity index is 942. The van der Waals surface area contributed by atoms with Crippen LogP contribution in [0.25, 0.3) is 5.57 Å². The summed E-state index contributed by atoms with van der Waals surface area (Å²) < 4.78 is 0.331. The highest BCUT2D eigenvalue weighted by molar-refractivity contribution is 8.26. The van der Waals surface area contributed by atoms with Crippen molar-refractivity contribution in [2.24, 2.45) is 0 Å². The molecule has 3 rings (SSSR count). The predicted molar refractivity (Wildman–Crippen MR) is 111 cm³/mol. The van der Waals surface area contributed by atoms with Gasteiger partial charge in [0, 0.05) is 18.5 Å². The molecule has 0 bridgehead atoms. The monoisotopic (exact) mass is 434 g/mol. The van der Waals surface area contributed by atoms with Gasteiger partial charge in [-0.05, 0) is 18.9 Å². The number of hydrogen-bond donors (Lipinski definition) is 2. The second-order valence-corrected chi connectivity index (χ2v) is 8.18. The highest BCUT2D eigenvalue weighted by Gasteiger charge is 2.42. The molecule has 1 saturated heterocycles. The molecule has 2 heterocycles. The number of nitrogens with zero attached hydrogens (tertiary/aromatic N) is 2. The average molecular weight is 434 g/mol. The summed E-state index contributed by atoms with van der Waals surface area (Å²) in [4.78, 5) is 50.4. The standard InChI is InChI=1S/C19H18N2O6S2/c22-13(23)8-2-1-5-9-20-18(27)16(29-19(20)28)15-11-6-3-4-7-12(11)21(17(15)26)10-14(24)25/h3-4,6-7H,1-2,5,8-10H2,(H,22,23)(H,24,25)/b16-15+. The van der Waals surface area contributed by atoms with E-state index >= 15 is 0 Å². The normalized spacial score (nSPS) is 18.6. The number of thioether (sulfide) groups is 1. The van der Waals surface area contributed by atoms with E-state index in [1.54, 1.807) is 24.3 Å². The number of fused-ring (bicyclic) bond motifs is 1. The molecule has 0 atom stereocenters. The molecular formula is C19H18N2O6S2. The van der Waals surface area contributed by atoms with Crippen LogP contribution >= 0.6 is 24.0 Å². The van der Waals surface area contributed by atoms with E-state index < -0.39 is 24.4 Å². The number of hydrogen-bond acceptors (Lipinski definition) is 6. The van der Waals surface area contributed by atoms with Gasteiger partial charge in [-0.25, -0.2) is 0 Å². The molecule has 0 unspecified atom stereocenters. The summed E-state index contributed by atoms with van der Waals surface area (Å²) in [5, 5.41) is 17.8. The molecule has 2 N–H and O–H groups in total. The molecule has 2 aliphatic heterocycles. The van der Waals surface area contributed by atoms with Gasteiger partial charge >= 0.3 is 11.9 Å². The quantitative estimate of drug-likeness (QED) is 0.364. The van der Waals surface area contributed by atoms with Gasteiger partial charge < -0.3 is 10.2 Å². The van der Waals surface area contributed by atoms with Crippen LogP contribution in [0.3, 0.4) is 0 Å². The average Bonchev–Trinajstić information content (AvgIpc) is 3.08. The Balaban J connectivity index is 1.83. The molecule has 0 saturated carbocycles. The smallest absolute Gasteiger partial charge is 0.323 e. The number of aliphatic carboxylic acids is 2. The number of thiocarbonyl (C=S) groups is 1. The Kier molecular flexibility index (Phi) is 6.33. The fourth-order valence-corrected chi connectivity index (χ4v) is 4.64. The minimum Gasteiger partial charge on any atom is -0.481 e. The summed E-state index contributed by atoms with van der Waals surface area (Å²) in [5.74, 6) is -2.92. The van der Waals surface area contributed by atoms with Gasteiger partial charge in [0.25, 0.3) is 11.8 Å². The summed E-state index contributed by atoms with van der Waals surface area (Å²) in [5.41, 5.74) is 1.14. The molecule has 0 radical (unpaired) electrons. The van der Waals surface area contributed by atoms with Crippen LogP contribution in [0, 0.1) is 0 Å². The summed E-state index contributed by atoms with van der Waals surface area (Å²) in [7, 11) is 0. The zero-order valence-corrected chi connectivity index (χ0v) is 16.9. The third-order valence-electron chi connectivity index (χ3n) is 4.57. The Morgan fingerprint density at radius 2 is 1.69 bits per heavy atom. The first kappa shape index (κ1) is 21.0. The van der Waals surface area contributed by atoms with E-state index in [1.165, 1.54) is 4.90 Å². The number of rotatable bonds is 8. The van der Waals surface area contributed by atoms with Crippen molar-refractivity contribution in [3.05, 3.63) is 34.7 Å². The lowest BCUT2D eigenvalue weighted by Crippen LogP contribution is -2.33. The lowest BCUT2D eigenvalue weighted by molar-refractivity contribution is -0.137. The van der Waals surface area contributed by atoms with Crippen molar-refractivity contribution in [2.45, 2.75) is 25.7 Å². The van der Waals surface area contributed by atoms with E-state index in [-0.39, 0.29) is 22.8 Å². The molecule has 1 aromatic carbocycles. The molecule has 0 spiro atoms. The predicted octanol–water partition coefficient (Wildman–Crippen LogP) is 2.33. The van der Waals surface area contributed by atoms with E-state index in [1.807, 2.05) is 0 Å². The van der Waals surface area contributed by atoms with Crippen LogP contribution in [-0.4, -0.2) is 56.3 Å². The first-order chi connectivity index (χ1) is 13.8. The van der Waals surface area contributed by atoms with Crippen molar-refractivity contribution in [3.8, 4) is 0 Å². The Morgan fingerprint density at radius 1 is 0.966 bits per heavy atom. The minimum absolute atomic E-state index is 0.0765. The topological polar surface area (TPSA) is 115 Å². The van der Waals surface area contributed by atoms with Crippen LogP contribution in [0.15, 0.2) is 29.2 Å². The fourth-order valence-electron chi connectivity index (χ4n) is 3.26. The van der Waals surface area contributed by atoms with Crippen molar-refractivity contribution >= 4 is 63.3 Å². The van der Waals surface area contributed by atoms with E-state index in [2.05, 4.69) is 0 Å². The number of carboxylic acids is 2. The largest absolute Gasteiger partial charge is 0.481 e. The van der Waals surface area contributed by atoms with Gasteiger partial charge in [0.05, 0.1) is 16.2 Å². The molecule has 0 aromatic heterocycles. The van der Waals surface area contributed by atoms with E-state index in [4.69, 9.17) is 22.4 Å². The molecule has 2 aliphatic rings. The molecular weight excluding hydrogens is 416 g/mol. The number of amides is 2. The number of carboxylic acid groups (broad SMARTS) is 2. The molecule has 152 valence electrons. The zero-order valence-electron chi connectivity index (χ0n) is 15.3. The van der Waals surface area contributed by atoms with Crippen molar-refractivity contribution in [1.29, 1.82) is 0 Å². The van der Waals surface area contributed by atoms with E-state index in [0.717, 1.165) is 16.7 Å². The summed E-state index contributed by atoms with van der Waals surface area (Å²) in [6.07, 6.45) is 1.83. The third kappa shape index (κ3) is 4.33. The van der Waals surface area contributed by atoms with Gasteiger partial charge in [-0.1, -0.05) is 48.6 Å². The minimum atomic E-state index is -1.15. The second kappa shape index (κ2) is 8.75. The van der Waals surface area contributed by atoms with E-state index in [0.29, 0.717) is 41.4 Å². The molecule has 0 aliphatic carbocycles. The van der Waals surface area contributed by atoms with Crippen molar-refractivity contribution in [2.75, 3.05) is 18.0 Å². The maximum Gasteiger partial charge on any atom is 0.323 e. The maximum atomic E-state index is 12.9. The van der Waals surface area contributed by atoms with Crippen LogP contribution < -0.4 is 4.90 Å². The van der Waals surface area contributed by atoms with Crippen LogP contribution in [0.4, 0.5) is 5.69 Å². The SMILES string of the molecule is O=C(O)CCCCCN1C(=O)/C(=C2\C(=O)N(CC(=O)O)c3ccccc32)SC1=S. The molecule has 1 fully saturated rings. The molecule has 1 aromatic rings. The zero-order chi connectivity index (χ0) is 21.1. The van der Waals surface area contributed by atoms with Crippen LogP contribution in [0.2, 0.25) is 0 Å². The van der Waals surface area contributed by atoms with Crippen LogP contribution in [-0.2, 0) is 19.2 Å². The van der Waals surface area contributed by atoms with Crippen molar-refractivity contribution in [3.63, 3.8) is 0 Å². The van der Waals surface area contributed by atoms with Gasteiger partial charge in [0.2, 0.25) is 0 Å². The fraction of sp³-hybridized carbons (Fsp3) is 0.316. The summed E-state index contributed by atoms with van der Waals surface area (Å²) in [6, 6.07) is 6.75. The molecule has 8 nitrogen and oxygen atoms in total. The second-order valence-electron chi connectivity index (χ2n) is 6.54. The first-order valence-electron chi connectivity index (χ1n) is 8.94. The molecule has 2 amide bonds. The van der Waals surface area contributed by atoms with Crippen molar-refractivity contribution in [1.82, 2.24) is 4.90 Å². The number of unbranched alkanes of at least 4 members (excludes halogenated alkanes) is 2. The Labute approximate surface area is 176 Å². The first-order valence-corrected chi connectivity index (χ1v) is 10.2. The lowest BCUT2D eigenvalue weighted by atomic mass is 10.1. The summed E-state index contributed by atoms with van der Waals surface area (Å²) in [6.45, 7) is -0.154. The number of benzene rings is 1. The summed E-state index contributed by atoms with van der Waals surface area (Å²) >= 11 is 6.34. The number of anilines is 1. The van der Waals surface area contributed by atoms with Crippen LogP contribution in [0.1, 0.15) is 31.2 Å². The Morgan fingerprint density at radius 3 is 2.38 bits per heavy atom. The van der Waals surface area contributed by atoms with Gasteiger partial charge in [0.15, 0.2) is 0 Å². The van der Waals surface area contributed by atoms with Gasteiger partial charge in [-0.15, -0.1) is 0 Å². The lowest BCUT2D eigenvalue weighted by Gasteiger charge is -2.14. The van der Waals surface area contributed by atoms with Gasteiger partial charge in [-0.2, -0.15) is 0 Å². The van der Waals surface area contributed by atoms with Crippen molar-refractivity contribution < 1.29 is 29.4 Å². The van der Waals surface area contributed by atoms with E-state index in [9.17, 15) is 19.2 Å². The highest BCUT2D eigenvalue weighted by Crippen LogP contribution is 2.44. The molecule has 10 heteroatoms.